The van der Waals surface area contributed by atoms with E-state index in [1.165, 1.54) is 0 Å². The van der Waals surface area contributed by atoms with E-state index in [2.05, 4.69) is 23.3 Å². The van der Waals surface area contributed by atoms with Gasteiger partial charge in [0.25, 0.3) is 0 Å². The first-order valence-electron chi connectivity index (χ1n) is 6.36. The molecule has 18 heavy (non-hydrogen) atoms. The van der Waals surface area contributed by atoms with Gasteiger partial charge in [0, 0.05) is 23.8 Å². The fourth-order valence-corrected chi connectivity index (χ4v) is 1.91. The summed E-state index contributed by atoms with van der Waals surface area (Å²) in [5, 5.41) is 14.1. The molecular formula is C15H20N2O. The van der Waals surface area contributed by atoms with E-state index in [9.17, 15) is 5.11 Å². The number of nitrogens with zero attached hydrogens (tertiary/aromatic N) is 1. The van der Waals surface area contributed by atoms with E-state index >= 15 is 0 Å². The maximum atomic E-state index is 9.53. The monoisotopic (exact) mass is 244 g/mol. The van der Waals surface area contributed by atoms with Crippen LogP contribution in [0.3, 0.4) is 0 Å². The van der Waals surface area contributed by atoms with E-state index in [1.54, 1.807) is 0 Å². The molecule has 2 aromatic rings. The molecule has 2 atom stereocenters. The Morgan fingerprint density at radius 3 is 2.72 bits per heavy atom. The molecule has 0 fully saturated rings. The molecule has 0 spiro atoms. The van der Waals surface area contributed by atoms with E-state index < -0.39 is 0 Å². The largest absolute Gasteiger partial charge is 0.393 e. The highest BCUT2D eigenvalue weighted by Crippen LogP contribution is 2.25. The van der Waals surface area contributed by atoms with Crippen LogP contribution >= 0.6 is 0 Å². The van der Waals surface area contributed by atoms with Gasteiger partial charge in [0.15, 0.2) is 0 Å². The van der Waals surface area contributed by atoms with Crippen LogP contribution in [-0.4, -0.2) is 22.7 Å². The average Bonchev–Trinajstić information content (AvgIpc) is 2.37. The molecule has 1 aromatic carbocycles. The first kappa shape index (κ1) is 12.8. The van der Waals surface area contributed by atoms with Crippen molar-refractivity contribution < 1.29 is 5.11 Å². The number of benzene rings is 1. The molecule has 3 heteroatoms. The summed E-state index contributed by atoms with van der Waals surface area (Å²) in [6.07, 6.45) is 1.59. The van der Waals surface area contributed by atoms with E-state index in [-0.39, 0.29) is 12.0 Å². The van der Waals surface area contributed by atoms with Crippen molar-refractivity contribution in [3.63, 3.8) is 0 Å². The molecule has 2 unspecified atom stereocenters. The molecule has 0 aliphatic rings. The Morgan fingerprint density at radius 2 is 2.00 bits per heavy atom. The number of aromatic nitrogens is 1. The van der Waals surface area contributed by atoms with Crippen LogP contribution in [0.4, 0.5) is 5.69 Å². The summed E-state index contributed by atoms with van der Waals surface area (Å²) in [6.45, 7) is 6.67. The highest BCUT2D eigenvalue weighted by atomic mass is 16.3. The maximum Gasteiger partial charge on any atom is 0.0722 e. The predicted molar refractivity (Wildman–Crippen MR) is 75.8 cm³/mol. The quantitative estimate of drug-likeness (QED) is 0.869. The third-order valence-corrected chi connectivity index (χ3v) is 3.39. The molecule has 0 bridgehead atoms. The van der Waals surface area contributed by atoms with Gasteiger partial charge >= 0.3 is 0 Å². The Kier molecular flexibility index (Phi) is 3.82. The summed E-state index contributed by atoms with van der Waals surface area (Å²) in [7, 11) is 0. The van der Waals surface area contributed by atoms with Crippen molar-refractivity contribution >= 4 is 16.6 Å². The topological polar surface area (TPSA) is 45.2 Å². The van der Waals surface area contributed by atoms with Crippen molar-refractivity contribution in [3.05, 3.63) is 36.0 Å². The lowest BCUT2D eigenvalue weighted by Gasteiger charge is -2.18. The normalized spacial score (nSPS) is 14.4. The highest BCUT2D eigenvalue weighted by Gasteiger charge is 2.10. The molecule has 96 valence electrons. The Hall–Kier alpha value is -1.61. The average molecular weight is 244 g/mol. The molecule has 0 aliphatic carbocycles. The maximum absolute atomic E-state index is 9.53. The van der Waals surface area contributed by atoms with E-state index in [0.717, 1.165) is 28.7 Å². The molecule has 2 rings (SSSR count). The lowest BCUT2D eigenvalue weighted by molar-refractivity contribution is 0.141. The van der Waals surface area contributed by atoms with Gasteiger partial charge in [-0.3, -0.25) is 4.98 Å². The van der Waals surface area contributed by atoms with Crippen molar-refractivity contribution in [2.75, 3.05) is 11.9 Å². The Balaban J connectivity index is 2.29. The smallest absolute Gasteiger partial charge is 0.0722 e. The zero-order valence-corrected chi connectivity index (χ0v) is 11.1. The molecule has 1 heterocycles. The summed E-state index contributed by atoms with van der Waals surface area (Å²) in [5.74, 6) is 0.219. The van der Waals surface area contributed by atoms with Crippen LogP contribution in [0.5, 0.6) is 0 Å². The molecule has 0 amide bonds. The number of hydrogen-bond donors (Lipinski definition) is 2. The summed E-state index contributed by atoms with van der Waals surface area (Å²) in [5.41, 5.74) is 3.25. The van der Waals surface area contributed by atoms with Gasteiger partial charge in [-0.05, 0) is 31.4 Å². The van der Waals surface area contributed by atoms with Crippen LogP contribution in [-0.2, 0) is 0 Å². The van der Waals surface area contributed by atoms with Gasteiger partial charge < -0.3 is 10.4 Å². The van der Waals surface area contributed by atoms with Crippen molar-refractivity contribution in [2.24, 2.45) is 5.92 Å². The number of rotatable bonds is 4. The number of aryl methyl sites for hydroxylation is 1. The minimum atomic E-state index is -0.300. The van der Waals surface area contributed by atoms with Crippen LogP contribution in [0.1, 0.15) is 19.4 Å². The molecule has 0 saturated heterocycles. The zero-order valence-electron chi connectivity index (χ0n) is 11.1. The Labute approximate surface area is 108 Å². The second kappa shape index (κ2) is 5.36. The van der Waals surface area contributed by atoms with Gasteiger partial charge in [-0.25, -0.2) is 0 Å². The fourth-order valence-electron chi connectivity index (χ4n) is 1.91. The number of pyridine rings is 1. The lowest BCUT2D eigenvalue weighted by atomic mass is 10.1. The molecule has 0 radical (unpaired) electrons. The van der Waals surface area contributed by atoms with E-state index in [0.29, 0.717) is 0 Å². The summed E-state index contributed by atoms with van der Waals surface area (Å²) >= 11 is 0. The van der Waals surface area contributed by atoms with Crippen molar-refractivity contribution in [1.82, 2.24) is 4.98 Å². The zero-order chi connectivity index (χ0) is 13.1. The van der Waals surface area contributed by atoms with Crippen LogP contribution < -0.4 is 5.32 Å². The fraction of sp³-hybridized carbons (Fsp3) is 0.400. The standard InChI is InChI=1S/C15H20N2O/c1-10(12(3)18)8-17-15-11(2)9-16-14-7-5-4-6-13(14)15/h4-7,9-10,12,18H,8H2,1-3H3,(H,16,17). The number of aliphatic hydroxyl groups excluding tert-OH is 1. The minimum Gasteiger partial charge on any atom is -0.393 e. The van der Waals surface area contributed by atoms with Crippen molar-refractivity contribution in [3.8, 4) is 0 Å². The minimum absolute atomic E-state index is 0.219. The molecule has 3 nitrogen and oxygen atoms in total. The van der Waals surface area contributed by atoms with Crippen LogP contribution in [0.15, 0.2) is 30.5 Å². The second-order valence-electron chi connectivity index (χ2n) is 4.93. The first-order chi connectivity index (χ1) is 8.59. The third-order valence-electron chi connectivity index (χ3n) is 3.39. The van der Waals surface area contributed by atoms with Gasteiger partial charge in [0.05, 0.1) is 11.6 Å². The summed E-state index contributed by atoms with van der Waals surface area (Å²) in [4.78, 5) is 4.41. The molecule has 2 N–H and O–H groups in total. The van der Waals surface area contributed by atoms with Gasteiger partial charge in [-0.1, -0.05) is 25.1 Å². The summed E-state index contributed by atoms with van der Waals surface area (Å²) in [6, 6.07) is 8.10. The molecule has 0 saturated carbocycles. The predicted octanol–water partition coefficient (Wildman–Crippen LogP) is 2.97. The van der Waals surface area contributed by atoms with Crippen LogP contribution in [0.2, 0.25) is 0 Å². The molecular weight excluding hydrogens is 224 g/mol. The van der Waals surface area contributed by atoms with Crippen molar-refractivity contribution in [2.45, 2.75) is 26.9 Å². The number of fused-ring (bicyclic) bond motifs is 1. The number of nitrogens with one attached hydrogen (secondary N) is 1. The number of para-hydroxylation sites is 1. The lowest BCUT2D eigenvalue weighted by Crippen LogP contribution is -2.22. The van der Waals surface area contributed by atoms with Crippen molar-refractivity contribution in [1.29, 1.82) is 0 Å². The third kappa shape index (κ3) is 2.62. The van der Waals surface area contributed by atoms with Gasteiger partial charge in [0.1, 0.15) is 0 Å². The van der Waals surface area contributed by atoms with Crippen LogP contribution in [0, 0.1) is 12.8 Å². The van der Waals surface area contributed by atoms with Gasteiger partial charge in [-0.2, -0.15) is 0 Å². The van der Waals surface area contributed by atoms with Crippen LogP contribution in [0.25, 0.3) is 10.9 Å². The number of hydrogen-bond acceptors (Lipinski definition) is 3. The Morgan fingerprint density at radius 1 is 1.28 bits per heavy atom. The number of aliphatic hydroxyl groups is 1. The SMILES string of the molecule is Cc1cnc2ccccc2c1NCC(C)C(C)O. The second-order valence-corrected chi connectivity index (χ2v) is 4.93. The highest BCUT2D eigenvalue weighted by molar-refractivity contribution is 5.92. The first-order valence-corrected chi connectivity index (χ1v) is 6.36. The summed E-state index contributed by atoms with van der Waals surface area (Å²) < 4.78 is 0. The van der Waals surface area contributed by atoms with E-state index in [1.807, 2.05) is 38.2 Å². The van der Waals surface area contributed by atoms with E-state index in [4.69, 9.17) is 0 Å². The number of anilines is 1. The Bertz CT molecular complexity index is 537. The van der Waals surface area contributed by atoms with Gasteiger partial charge in [-0.15, -0.1) is 0 Å². The molecule has 0 aliphatic heterocycles. The van der Waals surface area contributed by atoms with Gasteiger partial charge in [0.2, 0.25) is 0 Å². The molecule has 1 aromatic heterocycles.